The molecule has 1 aliphatic heterocycles. The first-order valence-electron chi connectivity index (χ1n) is 6.13. The molecule has 0 unspecified atom stereocenters. The van der Waals surface area contributed by atoms with Crippen molar-refractivity contribution in [3.8, 4) is 0 Å². The molecule has 1 aliphatic rings. The monoisotopic (exact) mass is 268 g/mol. The molecule has 0 saturated carbocycles. The summed E-state index contributed by atoms with van der Waals surface area (Å²) < 4.78 is 9.86. The van der Waals surface area contributed by atoms with Gasteiger partial charge in [0.25, 0.3) is 0 Å². The van der Waals surface area contributed by atoms with Crippen LogP contribution in [0, 0.1) is 16.0 Å². The molecule has 0 aromatic carbocycles. The summed E-state index contributed by atoms with van der Waals surface area (Å²) in [4.78, 5) is 23.5. The van der Waals surface area contributed by atoms with Crippen LogP contribution in [-0.2, 0) is 16.1 Å². The van der Waals surface area contributed by atoms with Gasteiger partial charge in [0.05, 0.1) is 25.6 Å². The minimum Gasteiger partial charge on any atom is -0.469 e. The zero-order valence-electron chi connectivity index (χ0n) is 10.7. The Morgan fingerprint density at radius 3 is 3.05 bits per heavy atom. The number of hydrogen-bond acceptors (Lipinski definition) is 6. The SMILES string of the molecule is COC(=O)[C@H]1CCCN(Cc2ccc([N+](=O)[O-])o2)C1. The smallest absolute Gasteiger partial charge is 0.433 e. The number of piperidine rings is 1. The van der Waals surface area contributed by atoms with Gasteiger partial charge in [-0.15, -0.1) is 0 Å². The summed E-state index contributed by atoms with van der Waals surface area (Å²) in [6.07, 6.45) is 1.73. The molecule has 0 spiro atoms. The van der Waals surface area contributed by atoms with Crippen LogP contribution in [-0.4, -0.2) is 36.0 Å². The predicted molar refractivity (Wildman–Crippen MR) is 65.4 cm³/mol. The molecule has 0 aliphatic carbocycles. The molecular formula is C12H16N2O5. The van der Waals surface area contributed by atoms with E-state index in [0.29, 0.717) is 18.8 Å². The van der Waals surface area contributed by atoms with Gasteiger partial charge in [-0.1, -0.05) is 0 Å². The molecule has 2 heterocycles. The summed E-state index contributed by atoms with van der Waals surface area (Å²) in [7, 11) is 1.39. The van der Waals surface area contributed by atoms with Gasteiger partial charge in [0.2, 0.25) is 0 Å². The van der Waals surface area contributed by atoms with Crippen LogP contribution in [0.3, 0.4) is 0 Å². The second-order valence-corrected chi connectivity index (χ2v) is 4.59. The topological polar surface area (TPSA) is 85.8 Å². The minimum absolute atomic E-state index is 0.122. The van der Waals surface area contributed by atoms with Crippen LogP contribution >= 0.6 is 0 Å². The molecule has 1 saturated heterocycles. The summed E-state index contributed by atoms with van der Waals surface area (Å²) in [5.41, 5.74) is 0. The number of carbonyl (C=O) groups is 1. The normalized spacial score (nSPS) is 20.2. The van der Waals surface area contributed by atoms with Gasteiger partial charge in [-0.2, -0.15) is 0 Å². The Hall–Kier alpha value is -1.89. The molecule has 104 valence electrons. The largest absolute Gasteiger partial charge is 0.469 e. The lowest BCUT2D eigenvalue weighted by molar-refractivity contribution is -0.402. The lowest BCUT2D eigenvalue weighted by atomic mass is 9.98. The number of esters is 1. The van der Waals surface area contributed by atoms with E-state index in [1.54, 1.807) is 6.07 Å². The fourth-order valence-corrected chi connectivity index (χ4v) is 2.33. The van der Waals surface area contributed by atoms with Crippen molar-refractivity contribution in [1.29, 1.82) is 0 Å². The number of hydrogen-bond donors (Lipinski definition) is 0. The Morgan fingerprint density at radius 1 is 1.63 bits per heavy atom. The van der Waals surface area contributed by atoms with Crippen LogP contribution < -0.4 is 0 Å². The van der Waals surface area contributed by atoms with Crippen LogP contribution in [0.15, 0.2) is 16.5 Å². The quantitative estimate of drug-likeness (QED) is 0.468. The Balaban J connectivity index is 1.94. The summed E-state index contributed by atoms with van der Waals surface area (Å²) in [5.74, 6) is -0.0347. The number of rotatable bonds is 4. The molecule has 1 aromatic heterocycles. The van der Waals surface area contributed by atoms with Crippen LogP contribution in [0.5, 0.6) is 0 Å². The third-order valence-corrected chi connectivity index (χ3v) is 3.25. The lowest BCUT2D eigenvalue weighted by Crippen LogP contribution is -2.38. The Morgan fingerprint density at radius 2 is 2.42 bits per heavy atom. The third-order valence-electron chi connectivity index (χ3n) is 3.25. The molecule has 19 heavy (non-hydrogen) atoms. The standard InChI is InChI=1S/C12H16N2O5/c1-18-12(15)9-3-2-6-13(7-9)8-10-4-5-11(19-10)14(16)17/h4-5,9H,2-3,6-8H2,1H3/t9-/m0/s1. The number of furan rings is 1. The molecule has 0 N–H and O–H groups in total. The predicted octanol–water partition coefficient (Wildman–Crippen LogP) is 1.57. The van der Waals surface area contributed by atoms with E-state index in [9.17, 15) is 14.9 Å². The number of ether oxygens (including phenoxy) is 1. The van der Waals surface area contributed by atoms with Gasteiger partial charge >= 0.3 is 11.9 Å². The van der Waals surface area contributed by atoms with Crippen LogP contribution in [0.2, 0.25) is 0 Å². The van der Waals surface area contributed by atoms with Gasteiger partial charge in [-0.25, -0.2) is 0 Å². The van der Waals surface area contributed by atoms with Gasteiger partial charge in [0.1, 0.15) is 10.7 Å². The first-order valence-corrected chi connectivity index (χ1v) is 6.13. The summed E-state index contributed by atoms with van der Waals surface area (Å²) >= 11 is 0. The van der Waals surface area contributed by atoms with Crippen LogP contribution in [0.25, 0.3) is 0 Å². The first kappa shape index (κ1) is 13.5. The molecule has 1 atom stereocenters. The minimum atomic E-state index is -0.559. The number of likely N-dealkylation sites (tertiary alicyclic amines) is 1. The van der Waals surface area contributed by atoms with Crippen molar-refractivity contribution in [1.82, 2.24) is 4.90 Å². The first-order chi connectivity index (χ1) is 9.10. The summed E-state index contributed by atoms with van der Waals surface area (Å²) in [6, 6.07) is 2.94. The molecule has 2 rings (SSSR count). The fraction of sp³-hybridized carbons (Fsp3) is 0.583. The van der Waals surface area contributed by atoms with Crippen molar-refractivity contribution in [2.45, 2.75) is 19.4 Å². The van der Waals surface area contributed by atoms with Crippen molar-refractivity contribution < 1.29 is 18.9 Å². The van der Waals surface area contributed by atoms with Gasteiger partial charge in [-0.3, -0.25) is 19.8 Å². The van der Waals surface area contributed by atoms with E-state index in [1.165, 1.54) is 13.2 Å². The maximum atomic E-state index is 11.5. The Labute approximate surface area is 110 Å². The van der Waals surface area contributed by atoms with Crippen molar-refractivity contribution in [2.24, 2.45) is 5.92 Å². The molecule has 1 aromatic rings. The van der Waals surface area contributed by atoms with Crippen molar-refractivity contribution in [3.63, 3.8) is 0 Å². The number of methoxy groups -OCH3 is 1. The number of nitrogens with zero attached hydrogens (tertiary/aromatic N) is 2. The molecule has 0 bridgehead atoms. The van der Waals surface area contributed by atoms with Crippen LogP contribution in [0.1, 0.15) is 18.6 Å². The Bertz CT molecular complexity index is 470. The highest BCUT2D eigenvalue weighted by Gasteiger charge is 2.27. The highest BCUT2D eigenvalue weighted by Crippen LogP contribution is 2.22. The van der Waals surface area contributed by atoms with Crippen molar-refractivity contribution in [3.05, 3.63) is 28.0 Å². The second kappa shape index (κ2) is 5.83. The Kier molecular flexibility index (Phi) is 4.16. The third kappa shape index (κ3) is 3.31. The van der Waals surface area contributed by atoms with E-state index in [4.69, 9.17) is 9.15 Å². The molecule has 7 nitrogen and oxygen atoms in total. The fourth-order valence-electron chi connectivity index (χ4n) is 2.33. The molecule has 7 heteroatoms. The highest BCUT2D eigenvalue weighted by atomic mass is 16.6. The highest BCUT2D eigenvalue weighted by molar-refractivity contribution is 5.72. The lowest BCUT2D eigenvalue weighted by Gasteiger charge is -2.30. The van der Waals surface area contributed by atoms with E-state index in [-0.39, 0.29) is 17.8 Å². The summed E-state index contributed by atoms with van der Waals surface area (Å²) in [5, 5.41) is 10.5. The zero-order chi connectivity index (χ0) is 13.8. The molecular weight excluding hydrogens is 252 g/mol. The van der Waals surface area contributed by atoms with Gasteiger partial charge in [0.15, 0.2) is 0 Å². The van der Waals surface area contributed by atoms with Gasteiger partial charge in [0, 0.05) is 6.54 Å². The number of carbonyl (C=O) groups excluding carboxylic acids is 1. The number of nitro groups is 1. The maximum Gasteiger partial charge on any atom is 0.433 e. The average molecular weight is 268 g/mol. The van der Waals surface area contributed by atoms with E-state index in [1.807, 2.05) is 4.90 Å². The van der Waals surface area contributed by atoms with E-state index in [2.05, 4.69) is 0 Å². The molecule has 1 fully saturated rings. The zero-order valence-corrected chi connectivity index (χ0v) is 10.7. The van der Waals surface area contributed by atoms with Crippen molar-refractivity contribution in [2.75, 3.05) is 20.2 Å². The summed E-state index contributed by atoms with van der Waals surface area (Å²) in [6.45, 7) is 1.92. The van der Waals surface area contributed by atoms with Gasteiger partial charge < -0.3 is 9.15 Å². The van der Waals surface area contributed by atoms with E-state index >= 15 is 0 Å². The maximum absolute atomic E-state index is 11.5. The molecule has 0 radical (unpaired) electrons. The average Bonchev–Trinajstić information content (AvgIpc) is 2.87. The second-order valence-electron chi connectivity index (χ2n) is 4.59. The van der Waals surface area contributed by atoms with E-state index < -0.39 is 4.92 Å². The van der Waals surface area contributed by atoms with E-state index in [0.717, 1.165) is 19.4 Å². The molecule has 0 amide bonds. The van der Waals surface area contributed by atoms with Crippen LogP contribution in [0.4, 0.5) is 5.88 Å². The van der Waals surface area contributed by atoms with Gasteiger partial charge in [-0.05, 0) is 25.5 Å². The van der Waals surface area contributed by atoms with Crippen molar-refractivity contribution >= 4 is 11.9 Å².